The predicted octanol–water partition coefficient (Wildman–Crippen LogP) is 4.73. The van der Waals surface area contributed by atoms with E-state index < -0.39 is 0 Å². The summed E-state index contributed by atoms with van der Waals surface area (Å²) < 4.78 is 6.23. The van der Waals surface area contributed by atoms with Crippen LogP contribution >= 0.6 is 27.3 Å². The molecule has 0 fully saturated rings. The van der Waals surface area contributed by atoms with Crippen LogP contribution in [-0.2, 0) is 0 Å². The molecule has 0 aliphatic rings. The van der Waals surface area contributed by atoms with Crippen molar-refractivity contribution >= 4 is 38.9 Å². The standard InChI is InChI=1S/C15H11BrN2O2S/c1-9-5-13(21-14(9)16)15(19)18-11-4-2-3-10(6-11)12-7-17-8-20-12/h2-8H,1H3,(H,18,19). The van der Waals surface area contributed by atoms with E-state index in [0.717, 1.165) is 20.6 Å². The maximum absolute atomic E-state index is 12.2. The number of oxazole rings is 1. The van der Waals surface area contributed by atoms with Gasteiger partial charge in [0.1, 0.15) is 0 Å². The third-order valence-electron chi connectivity index (χ3n) is 2.92. The molecule has 3 aromatic rings. The van der Waals surface area contributed by atoms with Crippen LogP contribution in [0.4, 0.5) is 5.69 Å². The van der Waals surface area contributed by atoms with Gasteiger partial charge in [-0.1, -0.05) is 12.1 Å². The number of aromatic nitrogens is 1. The summed E-state index contributed by atoms with van der Waals surface area (Å²) in [5, 5.41) is 2.89. The van der Waals surface area contributed by atoms with E-state index in [1.54, 1.807) is 6.20 Å². The van der Waals surface area contributed by atoms with E-state index in [1.165, 1.54) is 17.7 Å². The van der Waals surface area contributed by atoms with E-state index in [4.69, 9.17) is 4.42 Å². The number of rotatable bonds is 3. The molecule has 0 saturated heterocycles. The van der Waals surface area contributed by atoms with Crippen LogP contribution < -0.4 is 5.32 Å². The number of halogens is 1. The molecule has 6 heteroatoms. The largest absolute Gasteiger partial charge is 0.444 e. The fraction of sp³-hybridized carbons (Fsp3) is 0.0667. The number of carbonyl (C=O) groups excluding carboxylic acids is 1. The highest BCUT2D eigenvalue weighted by Gasteiger charge is 2.12. The molecule has 0 bridgehead atoms. The van der Waals surface area contributed by atoms with Gasteiger partial charge in [0.15, 0.2) is 12.2 Å². The van der Waals surface area contributed by atoms with Crippen molar-refractivity contribution in [2.45, 2.75) is 6.92 Å². The summed E-state index contributed by atoms with van der Waals surface area (Å²) in [5.41, 5.74) is 2.64. The molecular weight excluding hydrogens is 352 g/mol. The Morgan fingerprint density at radius 1 is 1.38 bits per heavy atom. The Morgan fingerprint density at radius 3 is 2.90 bits per heavy atom. The summed E-state index contributed by atoms with van der Waals surface area (Å²) >= 11 is 4.85. The van der Waals surface area contributed by atoms with Crippen LogP contribution in [0.25, 0.3) is 11.3 Å². The van der Waals surface area contributed by atoms with E-state index in [9.17, 15) is 4.79 Å². The van der Waals surface area contributed by atoms with E-state index in [1.807, 2.05) is 37.3 Å². The van der Waals surface area contributed by atoms with Gasteiger partial charge < -0.3 is 9.73 Å². The second kappa shape index (κ2) is 5.83. The first-order chi connectivity index (χ1) is 10.1. The maximum Gasteiger partial charge on any atom is 0.265 e. The molecule has 0 aliphatic carbocycles. The van der Waals surface area contributed by atoms with Crippen molar-refractivity contribution in [3.05, 3.63) is 57.1 Å². The van der Waals surface area contributed by atoms with Gasteiger partial charge in [-0.15, -0.1) is 11.3 Å². The molecule has 21 heavy (non-hydrogen) atoms. The van der Waals surface area contributed by atoms with Crippen molar-refractivity contribution in [3.8, 4) is 11.3 Å². The molecule has 0 spiro atoms. The van der Waals surface area contributed by atoms with Gasteiger partial charge in [-0.3, -0.25) is 4.79 Å². The van der Waals surface area contributed by atoms with E-state index in [2.05, 4.69) is 26.2 Å². The second-order valence-electron chi connectivity index (χ2n) is 4.47. The lowest BCUT2D eigenvalue weighted by Gasteiger charge is -2.05. The monoisotopic (exact) mass is 362 g/mol. The maximum atomic E-state index is 12.2. The minimum Gasteiger partial charge on any atom is -0.444 e. The van der Waals surface area contributed by atoms with Crippen molar-refractivity contribution in [2.24, 2.45) is 0 Å². The average Bonchev–Trinajstić information content (AvgIpc) is 3.10. The summed E-state index contributed by atoms with van der Waals surface area (Å²) in [4.78, 5) is 16.8. The molecular formula is C15H11BrN2O2S. The summed E-state index contributed by atoms with van der Waals surface area (Å²) in [6.45, 7) is 1.96. The smallest absolute Gasteiger partial charge is 0.265 e. The molecule has 4 nitrogen and oxygen atoms in total. The molecule has 0 unspecified atom stereocenters. The van der Waals surface area contributed by atoms with Crippen molar-refractivity contribution in [2.75, 3.05) is 5.32 Å². The van der Waals surface area contributed by atoms with Crippen LogP contribution in [-0.4, -0.2) is 10.9 Å². The minimum atomic E-state index is -0.122. The topological polar surface area (TPSA) is 55.1 Å². The number of thiophene rings is 1. The average molecular weight is 363 g/mol. The SMILES string of the molecule is Cc1cc(C(=O)Nc2cccc(-c3cnco3)c2)sc1Br. The first-order valence-electron chi connectivity index (χ1n) is 6.19. The van der Waals surface area contributed by atoms with Gasteiger partial charge in [0.25, 0.3) is 5.91 Å². The Balaban J connectivity index is 1.82. The van der Waals surface area contributed by atoms with Gasteiger partial charge in [0, 0.05) is 11.3 Å². The molecule has 106 valence electrons. The highest BCUT2D eigenvalue weighted by molar-refractivity contribution is 9.11. The Bertz CT molecular complexity index is 761. The highest BCUT2D eigenvalue weighted by atomic mass is 79.9. The zero-order valence-electron chi connectivity index (χ0n) is 11.1. The second-order valence-corrected chi connectivity index (χ2v) is 6.84. The van der Waals surface area contributed by atoms with Gasteiger partial charge in [-0.25, -0.2) is 4.98 Å². The van der Waals surface area contributed by atoms with Crippen molar-refractivity contribution in [1.29, 1.82) is 0 Å². The lowest BCUT2D eigenvalue weighted by molar-refractivity contribution is 0.103. The van der Waals surface area contributed by atoms with Crippen molar-refractivity contribution < 1.29 is 9.21 Å². The molecule has 0 saturated carbocycles. The summed E-state index contributed by atoms with van der Waals surface area (Å²) in [6.07, 6.45) is 3.02. The van der Waals surface area contributed by atoms with Crippen LogP contribution in [0.5, 0.6) is 0 Å². The number of anilines is 1. The van der Waals surface area contributed by atoms with E-state index in [0.29, 0.717) is 10.6 Å². The Kier molecular flexibility index (Phi) is 3.90. The van der Waals surface area contributed by atoms with Crippen molar-refractivity contribution in [3.63, 3.8) is 0 Å². The molecule has 2 aromatic heterocycles. The van der Waals surface area contributed by atoms with Crippen molar-refractivity contribution in [1.82, 2.24) is 4.98 Å². The first-order valence-corrected chi connectivity index (χ1v) is 7.80. The fourth-order valence-corrected chi connectivity index (χ4v) is 3.30. The Labute approximate surface area is 134 Å². The summed E-state index contributed by atoms with van der Waals surface area (Å²) in [5.74, 6) is 0.546. The number of carbonyl (C=O) groups is 1. The van der Waals surface area contributed by atoms with Crippen LogP contribution in [0.15, 0.2) is 51.1 Å². The number of benzene rings is 1. The normalized spacial score (nSPS) is 10.6. The number of hydrogen-bond donors (Lipinski definition) is 1. The number of nitrogens with one attached hydrogen (secondary N) is 1. The van der Waals surface area contributed by atoms with E-state index in [-0.39, 0.29) is 5.91 Å². The fourth-order valence-electron chi connectivity index (χ4n) is 1.87. The Morgan fingerprint density at radius 2 is 2.24 bits per heavy atom. The third kappa shape index (κ3) is 3.06. The Hall–Kier alpha value is -1.92. The zero-order chi connectivity index (χ0) is 14.8. The zero-order valence-corrected chi connectivity index (χ0v) is 13.5. The number of hydrogen-bond acceptors (Lipinski definition) is 4. The lowest BCUT2D eigenvalue weighted by Crippen LogP contribution is -2.09. The van der Waals surface area contributed by atoms with Crippen LogP contribution in [0, 0.1) is 6.92 Å². The lowest BCUT2D eigenvalue weighted by atomic mass is 10.1. The molecule has 1 N–H and O–H groups in total. The van der Waals surface area contributed by atoms with Gasteiger partial charge in [-0.05, 0) is 46.6 Å². The van der Waals surface area contributed by atoms with Crippen LogP contribution in [0.1, 0.15) is 15.2 Å². The first kappa shape index (κ1) is 14.0. The molecule has 2 heterocycles. The molecule has 3 rings (SSSR count). The molecule has 0 aliphatic heterocycles. The molecule has 0 atom stereocenters. The number of aryl methyl sites for hydroxylation is 1. The van der Waals surface area contributed by atoms with Gasteiger partial charge in [-0.2, -0.15) is 0 Å². The van der Waals surface area contributed by atoms with E-state index >= 15 is 0 Å². The van der Waals surface area contributed by atoms with Crippen LogP contribution in [0.3, 0.4) is 0 Å². The summed E-state index contributed by atoms with van der Waals surface area (Å²) in [6, 6.07) is 9.33. The third-order valence-corrected chi connectivity index (χ3v) is 5.05. The highest BCUT2D eigenvalue weighted by Crippen LogP contribution is 2.28. The van der Waals surface area contributed by atoms with Gasteiger partial charge >= 0.3 is 0 Å². The number of nitrogens with zero attached hydrogens (tertiary/aromatic N) is 1. The predicted molar refractivity (Wildman–Crippen MR) is 86.6 cm³/mol. The van der Waals surface area contributed by atoms with Crippen LogP contribution in [0.2, 0.25) is 0 Å². The molecule has 0 radical (unpaired) electrons. The van der Waals surface area contributed by atoms with Gasteiger partial charge in [0.2, 0.25) is 0 Å². The molecule has 1 aromatic carbocycles. The minimum absolute atomic E-state index is 0.122. The number of amides is 1. The summed E-state index contributed by atoms with van der Waals surface area (Å²) in [7, 11) is 0. The van der Waals surface area contributed by atoms with Gasteiger partial charge in [0.05, 0.1) is 14.9 Å². The quantitative estimate of drug-likeness (QED) is 0.732. The molecule has 1 amide bonds.